The molecule has 0 bridgehead atoms. The molecular weight excluding hydrogens is 217 g/mol. The Morgan fingerprint density at radius 2 is 2.07 bits per heavy atom. The number of benzene rings is 1. The van der Waals surface area contributed by atoms with Crippen LogP contribution in [0.5, 0.6) is 5.75 Å². The van der Waals surface area contributed by atoms with E-state index in [1.807, 2.05) is 24.3 Å². The zero-order valence-electron chi connectivity index (χ0n) is 8.57. The largest absolute Gasteiger partial charge is 0.497 e. The van der Waals surface area contributed by atoms with Crippen LogP contribution in [0.4, 0.5) is 4.39 Å². The van der Waals surface area contributed by atoms with Gasteiger partial charge >= 0.3 is 0 Å². The van der Waals surface area contributed by atoms with Gasteiger partial charge in [-0.25, -0.2) is 4.39 Å². The Kier molecular flexibility index (Phi) is 4.36. The van der Waals surface area contributed by atoms with Gasteiger partial charge in [0.25, 0.3) is 0 Å². The predicted molar refractivity (Wildman–Crippen MR) is 60.6 cm³/mol. The van der Waals surface area contributed by atoms with E-state index in [-0.39, 0.29) is 18.4 Å². The maximum atomic E-state index is 12.9. The zero-order chi connectivity index (χ0) is 9.97. The molecule has 1 unspecified atom stereocenters. The van der Waals surface area contributed by atoms with Crippen molar-refractivity contribution in [3.8, 4) is 5.75 Å². The Balaban J connectivity index is 0.00000112. The fraction of sp³-hybridized carbons (Fsp3) is 0.455. The van der Waals surface area contributed by atoms with E-state index in [0.29, 0.717) is 6.54 Å². The van der Waals surface area contributed by atoms with Crippen LogP contribution < -0.4 is 10.1 Å². The van der Waals surface area contributed by atoms with Gasteiger partial charge < -0.3 is 10.1 Å². The van der Waals surface area contributed by atoms with Crippen molar-refractivity contribution in [2.75, 3.05) is 13.7 Å². The number of rotatable bonds is 3. The van der Waals surface area contributed by atoms with Crippen molar-refractivity contribution >= 4 is 12.4 Å². The number of nitrogens with one attached hydrogen (secondary N) is 1. The van der Waals surface area contributed by atoms with Crippen molar-refractivity contribution < 1.29 is 9.13 Å². The maximum Gasteiger partial charge on any atom is 0.128 e. The summed E-state index contributed by atoms with van der Waals surface area (Å²) in [4.78, 5) is 0. The van der Waals surface area contributed by atoms with Crippen LogP contribution in [0.15, 0.2) is 24.3 Å². The maximum absolute atomic E-state index is 12.9. The summed E-state index contributed by atoms with van der Waals surface area (Å²) < 4.78 is 18.0. The molecule has 2 rings (SSSR count). The lowest BCUT2D eigenvalue weighted by Crippen LogP contribution is -2.55. The molecule has 1 N–H and O–H groups in total. The molecule has 0 aromatic heterocycles. The standard InChI is InChI=1S/C11H14FNO.ClH/c1-14-9-4-2-8(3-5-9)6-11-10(12)7-13-11;/h2-5,10-11,13H,6-7H2,1H3;1H/t10?,11-;/m0./s1. The molecule has 2 nitrogen and oxygen atoms in total. The van der Waals surface area contributed by atoms with Crippen LogP contribution in [0, 0.1) is 0 Å². The van der Waals surface area contributed by atoms with Crippen molar-refractivity contribution in [3.05, 3.63) is 29.8 Å². The van der Waals surface area contributed by atoms with Gasteiger partial charge in [0, 0.05) is 12.6 Å². The average Bonchev–Trinajstić information content (AvgIpc) is 2.24. The Labute approximate surface area is 95.2 Å². The van der Waals surface area contributed by atoms with Crippen molar-refractivity contribution in [2.24, 2.45) is 0 Å². The Morgan fingerprint density at radius 3 is 2.47 bits per heavy atom. The average molecular weight is 232 g/mol. The third-order valence-electron chi connectivity index (χ3n) is 2.63. The fourth-order valence-electron chi connectivity index (χ4n) is 1.59. The molecule has 1 saturated heterocycles. The minimum atomic E-state index is -0.683. The number of hydrogen-bond donors (Lipinski definition) is 1. The molecule has 1 aliphatic heterocycles. The van der Waals surface area contributed by atoms with Crippen molar-refractivity contribution in [3.63, 3.8) is 0 Å². The van der Waals surface area contributed by atoms with Crippen LogP contribution in [0.25, 0.3) is 0 Å². The smallest absolute Gasteiger partial charge is 0.128 e. The van der Waals surface area contributed by atoms with Gasteiger partial charge in [0.2, 0.25) is 0 Å². The monoisotopic (exact) mass is 231 g/mol. The first-order valence-electron chi connectivity index (χ1n) is 4.80. The third kappa shape index (κ3) is 2.83. The molecule has 15 heavy (non-hydrogen) atoms. The van der Waals surface area contributed by atoms with Crippen LogP contribution in [0.1, 0.15) is 5.56 Å². The molecule has 1 heterocycles. The van der Waals surface area contributed by atoms with Crippen LogP contribution in [-0.4, -0.2) is 25.9 Å². The second-order valence-corrected chi connectivity index (χ2v) is 3.58. The molecule has 0 saturated carbocycles. The summed E-state index contributed by atoms with van der Waals surface area (Å²) in [5.41, 5.74) is 1.14. The summed E-state index contributed by atoms with van der Waals surface area (Å²) in [5.74, 6) is 0.840. The third-order valence-corrected chi connectivity index (χ3v) is 2.63. The summed E-state index contributed by atoms with van der Waals surface area (Å²) in [6.07, 6.45) is 0.0719. The molecule has 0 spiro atoms. The zero-order valence-corrected chi connectivity index (χ0v) is 9.39. The molecular formula is C11H15ClFNO. The highest BCUT2D eigenvalue weighted by molar-refractivity contribution is 5.85. The van der Waals surface area contributed by atoms with Gasteiger partial charge in [-0.1, -0.05) is 12.1 Å². The van der Waals surface area contributed by atoms with E-state index in [9.17, 15) is 4.39 Å². The van der Waals surface area contributed by atoms with Crippen LogP contribution in [0.3, 0.4) is 0 Å². The summed E-state index contributed by atoms with van der Waals surface area (Å²) >= 11 is 0. The van der Waals surface area contributed by atoms with E-state index in [1.165, 1.54) is 0 Å². The first-order chi connectivity index (χ1) is 6.79. The van der Waals surface area contributed by atoms with Gasteiger partial charge in [-0.2, -0.15) is 0 Å². The van der Waals surface area contributed by atoms with Crippen LogP contribution >= 0.6 is 12.4 Å². The summed E-state index contributed by atoms with van der Waals surface area (Å²) in [6, 6.07) is 7.77. The molecule has 1 fully saturated rings. The first-order valence-corrected chi connectivity index (χ1v) is 4.80. The molecule has 1 aromatic rings. The number of hydrogen-bond acceptors (Lipinski definition) is 2. The number of halogens is 2. The van der Waals surface area contributed by atoms with Gasteiger partial charge in [0.05, 0.1) is 7.11 Å². The highest BCUT2D eigenvalue weighted by Crippen LogP contribution is 2.17. The molecule has 1 aliphatic rings. The fourth-order valence-corrected chi connectivity index (χ4v) is 1.59. The normalized spacial score (nSPS) is 23.9. The second-order valence-electron chi connectivity index (χ2n) is 3.58. The minimum absolute atomic E-state index is 0. The van der Waals surface area contributed by atoms with Crippen LogP contribution in [-0.2, 0) is 6.42 Å². The molecule has 1 aromatic carbocycles. The Morgan fingerprint density at radius 1 is 1.40 bits per heavy atom. The molecule has 84 valence electrons. The topological polar surface area (TPSA) is 21.3 Å². The van der Waals surface area contributed by atoms with Crippen molar-refractivity contribution in [2.45, 2.75) is 18.6 Å². The van der Waals surface area contributed by atoms with Gasteiger partial charge in [-0.15, -0.1) is 12.4 Å². The molecule has 4 heteroatoms. The number of alkyl halides is 1. The highest BCUT2D eigenvalue weighted by atomic mass is 35.5. The van der Waals surface area contributed by atoms with E-state index in [0.717, 1.165) is 17.7 Å². The van der Waals surface area contributed by atoms with E-state index >= 15 is 0 Å². The summed E-state index contributed by atoms with van der Waals surface area (Å²) in [7, 11) is 1.64. The lowest BCUT2D eigenvalue weighted by atomic mass is 9.96. The molecule has 0 amide bonds. The first kappa shape index (κ1) is 12.3. The molecule has 2 atom stereocenters. The number of ether oxygens (including phenoxy) is 1. The molecule has 0 radical (unpaired) electrons. The minimum Gasteiger partial charge on any atom is -0.497 e. The Hall–Kier alpha value is -0.800. The van der Waals surface area contributed by atoms with Gasteiger partial charge in [0.1, 0.15) is 11.9 Å². The van der Waals surface area contributed by atoms with Crippen molar-refractivity contribution in [1.82, 2.24) is 5.32 Å². The summed E-state index contributed by atoms with van der Waals surface area (Å²) in [5, 5.41) is 3.07. The second kappa shape index (κ2) is 5.33. The molecule has 0 aliphatic carbocycles. The van der Waals surface area contributed by atoms with E-state index in [4.69, 9.17) is 4.74 Å². The van der Waals surface area contributed by atoms with Gasteiger partial charge in [-0.05, 0) is 24.1 Å². The SMILES string of the molecule is COc1ccc(C[C@@H]2NCC2F)cc1.Cl. The van der Waals surface area contributed by atoms with E-state index < -0.39 is 6.17 Å². The lowest BCUT2D eigenvalue weighted by Gasteiger charge is -2.32. The highest BCUT2D eigenvalue weighted by Gasteiger charge is 2.29. The predicted octanol–water partition coefficient (Wildman–Crippen LogP) is 1.97. The van der Waals surface area contributed by atoms with E-state index in [1.54, 1.807) is 7.11 Å². The summed E-state index contributed by atoms with van der Waals surface area (Å²) in [6.45, 7) is 0.501. The Bertz CT molecular complexity index is 304. The quantitative estimate of drug-likeness (QED) is 0.859. The number of methoxy groups -OCH3 is 1. The van der Waals surface area contributed by atoms with Crippen LogP contribution in [0.2, 0.25) is 0 Å². The van der Waals surface area contributed by atoms with Gasteiger partial charge in [0.15, 0.2) is 0 Å². The van der Waals surface area contributed by atoms with Gasteiger partial charge in [-0.3, -0.25) is 0 Å². The lowest BCUT2D eigenvalue weighted by molar-refractivity contribution is 0.158. The van der Waals surface area contributed by atoms with E-state index in [2.05, 4.69) is 5.32 Å². The van der Waals surface area contributed by atoms with Crippen molar-refractivity contribution in [1.29, 1.82) is 0 Å².